The minimum atomic E-state index is 0.371. The second kappa shape index (κ2) is 6.14. The minimum Gasteiger partial charge on any atom is -0.477 e. The number of aromatic nitrogens is 1. The Balaban J connectivity index is 1.84. The van der Waals surface area contributed by atoms with Gasteiger partial charge in [0.05, 0.1) is 6.61 Å². The van der Waals surface area contributed by atoms with E-state index in [0.717, 1.165) is 18.1 Å². The molecule has 4 heteroatoms. The van der Waals surface area contributed by atoms with Crippen molar-refractivity contribution in [2.24, 2.45) is 17.6 Å². The second-order valence-electron chi connectivity index (χ2n) is 5.20. The van der Waals surface area contributed by atoms with Gasteiger partial charge in [0.25, 0.3) is 0 Å². The van der Waals surface area contributed by atoms with Gasteiger partial charge in [-0.05, 0) is 30.7 Å². The molecule has 98 valence electrons. The van der Waals surface area contributed by atoms with Crippen LogP contribution in [0, 0.1) is 11.8 Å². The number of rotatable bonds is 4. The molecule has 2 rings (SSSR count). The van der Waals surface area contributed by atoms with Gasteiger partial charge in [-0.15, -0.1) is 0 Å². The predicted molar refractivity (Wildman–Crippen MR) is 76.7 cm³/mol. The van der Waals surface area contributed by atoms with Crippen molar-refractivity contribution in [1.29, 1.82) is 0 Å². The Morgan fingerprint density at radius 3 is 2.94 bits per heavy atom. The molecule has 1 aliphatic rings. The SMILES string of the molecule is CC1CCCC(COc2ccc(C(N)=S)cn2)C1. The lowest BCUT2D eigenvalue weighted by molar-refractivity contribution is 0.178. The molecule has 1 aliphatic carbocycles. The van der Waals surface area contributed by atoms with Crippen LogP contribution in [0.5, 0.6) is 5.88 Å². The Morgan fingerprint density at radius 1 is 1.50 bits per heavy atom. The average Bonchev–Trinajstić information content (AvgIpc) is 2.37. The number of nitrogens with zero attached hydrogens (tertiary/aromatic N) is 1. The second-order valence-corrected chi connectivity index (χ2v) is 5.64. The van der Waals surface area contributed by atoms with Crippen LogP contribution in [0.4, 0.5) is 0 Å². The molecular formula is C14H20N2OS. The molecule has 0 saturated heterocycles. The van der Waals surface area contributed by atoms with Gasteiger partial charge >= 0.3 is 0 Å². The number of nitrogens with two attached hydrogens (primary N) is 1. The number of ether oxygens (including phenoxy) is 1. The average molecular weight is 264 g/mol. The third-order valence-electron chi connectivity index (χ3n) is 3.53. The summed E-state index contributed by atoms with van der Waals surface area (Å²) >= 11 is 4.88. The first-order valence-corrected chi connectivity index (χ1v) is 6.94. The highest BCUT2D eigenvalue weighted by Crippen LogP contribution is 2.28. The molecule has 0 spiro atoms. The molecule has 2 atom stereocenters. The summed E-state index contributed by atoms with van der Waals surface area (Å²) in [6, 6.07) is 3.69. The summed E-state index contributed by atoms with van der Waals surface area (Å²) in [7, 11) is 0. The molecule has 1 fully saturated rings. The highest BCUT2D eigenvalue weighted by molar-refractivity contribution is 7.80. The van der Waals surface area contributed by atoms with Crippen molar-refractivity contribution in [3.05, 3.63) is 23.9 Å². The molecule has 0 bridgehead atoms. The van der Waals surface area contributed by atoms with Crippen LogP contribution in [0.15, 0.2) is 18.3 Å². The van der Waals surface area contributed by atoms with Crippen molar-refractivity contribution in [3.8, 4) is 5.88 Å². The lowest BCUT2D eigenvalue weighted by Crippen LogP contribution is -2.20. The number of pyridine rings is 1. The van der Waals surface area contributed by atoms with E-state index in [0.29, 0.717) is 16.8 Å². The van der Waals surface area contributed by atoms with Crippen LogP contribution >= 0.6 is 12.2 Å². The zero-order valence-corrected chi connectivity index (χ0v) is 11.6. The highest BCUT2D eigenvalue weighted by atomic mass is 32.1. The van der Waals surface area contributed by atoms with Crippen LogP contribution in [0.3, 0.4) is 0 Å². The van der Waals surface area contributed by atoms with Gasteiger partial charge in [-0.25, -0.2) is 4.98 Å². The maximum absolute atomic E-state index is 5.73. The van der Waals surface area contributed by atoms with E-state index < -0.39 is 0 Å². The van der Waals surface area contributed by atoms with E-state index in [1.54, 1.807) is 6.20 Å². The van der Waals surface area contributed by atoms with Crippen molar-refractivity contribution in [2.75, 3.05) is 6.61 Å². The third kappa shape index (κ3) is 3.67. The Hall–Kier alpha value is -1.16. The van der Waals surface area contributed by atoms with Gasteiger partial charge < -0.3 is 10.5 Å². The lowest BCUT2D eigenvalue weighted by atomic mass is 9.83. The Bertz CT molecular complexity index is 405. The van der Waals surface area contributed by atoms with Crippen molar-refractivity contribution in [3.63, 3.8) is 0 Å². The summed E-state index contributed by atoms with van der Waals surface area (Å²) in [5.41, 5.74) is 6.30. The maximum atomic E-state index is 5.73. The molecule has 1 aromatic rings. The molecule has 1 heterocycles. The third-order valence-corrected chi connectivity index (χ3v) is 3.77. The van der Waals surface area contributed by atoms with E-state index in [1.165, 1.54) is 25.7 Å². The fraction of sp³-hybridized carbons (Fsp3) is 0.571. The van der Waals surface area contributed by atoms with Crippen molar-refractivity contribution in [1.82, 2.24) is 4.98 Å². The molecule has 2 N–H and O–H groups in total. The first-order chi connectivity index (χ1) is 8.65. The fourth-order valence-corrected chi connectivity index (χ4v) is 2.65. The molecule has 18 heavy (non-hydrogen) atoms. The number of thiocarbonyl (C=S) groups is 1. The van der Waals surface area contributed by atoms with Crippen LogP contribution in [-0.4, -0.2) is 16.6 Å². The van der Waals surface area contributed by atoms with Gasteiger partial charge in [0.1, 0.15) is 4.99 Å². The summed E-state index contributed by atoms with van der Waals surface area (Å²) in [6.45, 7) is 3.09. The van der Waals surface area contributed by atoms with Crippen LogP contribution in [0.2, 0.25) is 0 Å². The summed E-state index contributed by atoms with van der Waals surface area (Å²) in [5.74, 6) is 2.16. The molecule has 2 unspecified atom stereocenters. The standard InChI is InChI=1S/C14H20N2OS/c1-10-3-2-4-11(7-10)9-17-13-6-5-12(8-16-13)14(15)18/h5-6,8,10-11H,2-4,7,9H2,1H3,(H2,15,18). The molecule has 3 nitrogen and oxygen atoms in total. The first-order valence-electron chi connectivity index (χ1n) is 6.54. The van der Waals surface area contributed by atoms with Gasteiger partial charge in [-0.3, -0.25) is 0 Å². The molecule has 1 aromatic heterocycles. The van der Waals surface area contributed by atoms with Crippen molar-refractivity contribution in [2.45, 2.75) is 32.6 Å². The Morgan fingerprint density at radius 2 is 2.33 bits per heavy atom. The minimum absolute atomic E-state index is 0.371. The normalized spacial score (nSPS) is 23.6. The van der Waals surface area contributed by atoms with Crippen LogP contribution < -0.4 is 10.5 Å². The van der Waals surface area contributed by atoms with E-state index >= 15 is 0 Å². The lowest BCUT2D eigenvalue weighted by Gasteiger charge is -2.26. The van der Waals surface area contributed by atoms with Crippen LogP contribution in [-0.2, 0) is 0 Å². The quantitative estimate of drug-likeness (QED) is 0.849. The molecular weight excluding hydrogens is 244 g/mol. The summed E-state index contributed by atoms with van der Waals surface area (Å²) < 4.78 is 5.73. The van der Waals surface area contributed by atoms with Crippen LogP contribution in [0.25, 0.3) is 0 Å². The van der Waals surface area contributed by atoms with Gasteiger partial charge in [-0.2, -0.15) is 0 Å². The van der Waals surface area contributed by atoms with Gasteiger partial charge in [-0.1, -0.05) is 32.0 Å². The Kier molecular flexibility index (Phi) is 4.53. The Labute approximate surface area is 114 Å². The largest absolute Gasteiger partial charge is 0.477 e. The smallest absolute Gasteiger partial charge is 0.213 e. The van der Waals surface area contributed by atoms with E-state index in [1.807, 2.05) is 12.1 Å². The summed E-state index contributed by atoms with van der Waals surface area (Å²) in [4.78, 5) is 4.58. The van der Waals surface area contributed by atoms with E-state index in [2.05, 4.69) is 11.9 Å². The topological polar surface area (TPSA) is 48.1 Å². The fourth-order valence-electron chi connectivity index (χ4n) is 2.53. The van der Waals surface area contributed by atoms with Crippen LogP contribution in [0.1, 0.15) is 38.2 Å². The zero-order valence-electron chi connectivity index (χ0n) is 10.8. The molecule has 0 amide bonds. The molecule has 1 saturated carbocycles. The van der Waals surface area contributed by atoms with Crippen molar-refractivity contribution >= 4 is 17.2 Å². The summed E-state index contributed by atoms with van der Waals surface area (Å²) in [6.07, 6.45) is 6.89. The van der Waals surface area contributed by atoms with Gasteiger partial charge in [0, 0.05) is 17.8 Å². The molecule has 0 radical (unpaired) electrons. The first kappa shape index (κ1) is 13.3. The molecule has 0 aromatic carbocycles. The van der Waals surface area contributed by atoms with Gasteiger partial charge in [0.15, 0.2) is 0 Å². The van der Waals surface area contributed by atoms with E-state index in [9.17, 15) is 0 Å². The maximum Gasteiger partial charge on any atom is 0.213 e. The predicted octanol–water partition coefficient (Wildman–Crippen LogP) is 2.92. The monoisotopic (exact) mass is 264 g/mol. The number of hydrogen-bond acceptors (Lipinski definition) is 3. The van der Waals surface area contributed by atoms with E-state index in [4.69, 9.17) is 22.7 Å². The summed E-state index contributed by atoms with van der Waals surface area (Å²) in [5, 5.41) is 0. The van der Waals surface area contributed by atoms with Crippen molar-refractivity contribution < 1.29 is 4.74 Å². The number of hydrogen-bond donors (Lipinski definition) is 1. The molecule has 0 aliphatic heterocycles. The highest BCUT2D eigenvalue weighted by Gasteiger charge is 2.19. The zero-order chi connectivity index (χ0) is 13.0. The van der Waals surface area contributed by atoms with E-state index in [-0.39, 0.29) is 0 Å². The van der Waals surface area contributed by atoms with Gasteiger partial charge in [0.2, 0.25) is 5.88 Å².